The molecule has 0 aliphatic carbocycles. The predicted molar refractivity (Wildman–Crippen MR) is 54.8 cm³/mol. The summed E-state index contributed by atoms with van der Waals surface area (Å²) in [5.74, 6) is 0. The Morgan fingerprint density at radius 2 is 2.36 bits per heavy atom. The molecule has 11 heavy (non-hydrogen) atoms. The van der Waals surface area contributed by atoms with Crippen LogP contribution in [0.25, 0.3) is 0 Å². The van der Waals surface area contributed by atoms with Gasteiger partial charge in [0, 0.05) is 7.05 Å². The van der Waals surface area contributed by atoms with Crippen LogP contribution in [0.4, 0.5) is 9.80 Å². The highest BCUT2D eigenvalue weighted by molar-refractivity contribution is 9.11. The largest absolute Gasteiger partial charge is 0.298 e. The van der Waals surface area contributed by atoms with Crippen LogP contribution in [0.15, 0.2) is 15.9 Å². The Morgan fingerprint density at radius 3 is 2.73 bits per heavy atom. The molecule has 0 saturated carbocycles. The van der Waals surface area contributed by atoms with Gasteiger partial charge in [0.1, 0.15) is 0 Å². The molecule has 0 bridgehead atoms. The average molecular weight is 252 g/mol. The number of halogens is 1. The standard InChI is InChI=1S/C6H6BrNOS2/c1-8(6(9)10)5-3-2-4(7)11-5/h2-3H,1H3,(H,9,10). The third kappa shape index (κ3) is 2.21. The van der Waals surface area contributed by atoms with E-state index in [0.29, 0.717) is 0 Å². The highest BCUT2D eigenvalue weighted by Gasteiger charge is 2.07. The lowest BCUT2D eigenvalue weighted by atomic mass is 10.6. The summed E-state index contributed by atoms with van der Waals surface area (Å²) in [6, 6.07) is 3.76. The minimum Gasteiger partial charge on any atom is -0.298 e. The molecule has 60 valence electrons. The normalized spacial score (nSPS) is 9.73. The van der Waals surface area contributed by atoms with Gasteiger partial charge in [-0.15, -0.1) is 11.3 Å². The monoisotopic (exact) mass is 251 g/mol. The number of thiol groups is 1. The van der Waals surface area contributed by atoms with Gasteiger partial charge < -0.3 is 0 Å². The molecule has 0 fully saturated rings. The number of thiophene rings is 1. The van der Waals surface area contributed by atoms with Crippen molar-refractivity contribution in [2.24, 2.45) is 0 Å². The summed E-state index contributed by atoms with van der Waals surface area (Å²) in [5.41, 5.74) is 0. The summed E-state index contributed by atoms with van der Waals surface area (Å²) in [6.07, 6.45) is 0. The van der Waals surface area contributed by atoms with Crippen molar-refractivity contribution < 1.29 is 4.79 Å². The molecular formula is C6H6BrNOS2. The van der Waals surface area contributed by atoms with Crippen LogP contribution in [0.2, 0.25) is 0 Å². The topological polar surface area (TPSA) is 20.3 Å². The first-order valence-electron chi connectivity index (χ1n) is 2.83. The lowest BCUT2D eigenvalue weighted by molar-refractivity contribution is 0.266. The molecule has 0 unspecified atom stereocenters. The molecule has 1 rings (SSSR count). The molecule has 0 radical (unpaired) electrons. The van der Waals surface area contributed by atoms with E-state index in [1.807, 2.05) is 12.1 Å². The van der Waals surface area contributed by atoms with Gasteiger partial charge in [-0.2, -0.15) is 0 Å². The molecule has 0 aromatic carbocycles. The molecule has 0 saturated heterocycles. The van der Waals surface area contributed by atoms with Crippen molar-refractivity contribution in [3.05, 3.63) is 15.9 Å². The summed E-state index contributed by atoms with van der Waals surface area (Å²) in [7, 11) is 1.69. The van der Waals surface area contributed by atoms with Crippen LogP contribution in [-0.4, -0.2) is 12.3 Å². The van der Waals surface area contributed by atoms with E-state index in [-0.39, 0.29) is 5.24 Å². The predicted octanol–water partition coefficient (Wildman–Crippen LogP) is 3.00. The number of hydrogen-bond acceptors (Lipinski definition) is 2. The number of carbonyl (C=O) groups excluding carboxylic acids is 1. The van der Waals surface area contributed by atoms with E-state index in [1.54, 1.807) is 7.05 Å². The Bertz CT molecular complexity index is 273. The third-order valence-electron chi connectivity index (χ3n) is 1.18. The van der Waals surface area contributed by atoms with Crippen molar-refractivity contribution in [3.63, 3.8) is 0 Å². The molecule has 0 aliphatic rings. The maximum absolute atomic E-state index is 10.7. The Kier molecular flexibility index (Phi) is 2.98. The summed E-state index contributed by atoms with van der Waals surface area (Å²) in [5, 5.41) is 0.635. The molecule has 0 aliphatic heterocycles. The van der Waals surface area contributed by atoms with E-state index >= 15 is 0 Å². The van der Waals surface area contributed by atoms with Gasteiger partial charge in [-0.1, -0.05) is 12.6 Å². The van der Waals surface area contributed by atoms with Crippen LogP contribution in [0, 0.1) is 0 Å². The molecular weight excluding hydrogens is 246 g/mol. The first-order chi connectivity index (χ1) is 5.11. The lowest BCUT2D eigenvalue weighted by Gasteiger charge is -2.09. The highest BCUT2D eigenvalue weighted by Crippen LogP contribution is 2.29. The summed E-state index contributed by atoms with van der Waals surface area (Å²) in [4.78, 5) is 12.2. The minimum atomic E-state index is -0.251. The van der Waals surface area contributed by atoms with Crippen LogP contribution >= 0.6 is 39.9 Å². The quantitative estimate of drug-likeness (QED) is 0.762. The average Bonchev–Trinajstić information content (AvgIpc) is 2.34. The number of anilines is 1. The fourth-order valence-electron chi connectivity index (χ4n) is 0.579. The van der Waals surface area contributed by atoms with Gasteiger partial charge in [-0.3, -0.25) is 9.69 Å². The van der Waals surface area contributed by atoms with E-state index < -0.39 is 0 Å². The SMILES string of the molecule is CN(C(=O)S)c1ccc(Br)s1. The Morgan fingerprint density at radius 1 is 1.73 bits per heavy atom. The zero-order valence-electron chi connectivity index (χ0n) is 5.74. The second kappa shape index (κ2) is 3.60. The number of nitrogens with zero attached hydrogens (tertiary/aromatic N) is 1. The first kappa shape index (κ1) is 9.09. The van der Waals surface area contributed by atoms with Gasteiger partial charge in [0.05, 0.1) is 8.79 Å². The van der Waals surface area contributed by atoms with Gasteiger partial charge in [0.2, 0.25) is 0 Å². The van der Waals surface area contributed by atoms with Crippen LogP contribution < -0.4 is 4.90 Å². The van der Waals surface area contributed by atoms with Crippen LogP contribution in [0.1, 0.15) is 0 Å². The molecule has 0 atom stereocenters. The summed E-state index contributed by atoms with van der Waals surface area (Å²) >= 11 is 8.49. The number of hydrogen-bond donors (Lipinski definition) is 1. The van der Waals surface area contributed by atoms with E-state index in [4.69, 9.17) is 0 Å². The lowest BCUT2D eigenvalue weighted by Crippen LogP contribution is -2.17. The van der Waals surface area contributed by atoms with Gasteiger partial charge >= 0.3 is 0 Å². The smallest absolute Gasteiger partial charge is 0.283 e. The van der Waals surface area contributed by atoms with Crippen molar-refractivity contribution in [1.29, 1.82) is 0 Å². The van der Waals surface area contributed by atoms with Crippen molar-refractivity contribution in [2.75, 3.05) is 11.9 Å². The number of rotatable bonds is 1. The third-order valence-corrected chi connectivity index (χ3v) is 3.18. The highest BCUT2D eigenvalue weighted by atomic mass is 79.9. The van der Waals surface area contributed by atoms with Crippen molar-refractivity contribution in [1.82, 2.24) is 0 Å². The number of amides is 1. The van der Waals surface area contributed by atoms with Gasteiger partial charge in [0.25, 0.3) is 5.24 Å². The molecule has 5 heteroatoms. The maximum atomic E-state index is 10.7. The second-order valence-corrected chi connectivity index (χ2v) is 4.74. The molecule has 1 aromatic rings. The molecule has 0 spiro atoms. The van der Waals surface area contributed by atoms with Crippen molar-refractivity contribution in [3.8, 4) is 0 Å². The summed E-state index contributed by atoms with van der Waals surface area (Å²) < 4.78 is 1.01. The molecule has 1 amide bonds. The zero-order chi connectivity index (χ0) is 8.43. The zero-order valence-corrected chi connectivity index (χ0v) is 9.04. The maximum Gasteiger partial charge on any atom is 0.283 e. The van der Waals surface area contributed by atoms with E-state index in [2.05, 4.69) is 28.6 Å². The second-order valence-electron chi connectivity index (χ2n) is 1.92. The molecule has 2 nitrogen and oxygen atoms in total. The van der Waals surface area contributed by atoms with Crippen molar-refractivity contribution >= 4 is 50.1 Å². The Balaban J connectivity index is 2.84. The van der Waals surface area contributed by atoms with Gasteiger partial charge in [0.15, 0.2) is 0 Å². The summed E-state index contributed by atoms with van der Waals surface area (Å²) in [6.45, 7) is 0. The Labute approximate surface area is 82.7 Å². The number of carbonyl (C=O) groups is 1. The van der Waals surface area contributed by atoms with E-state index in [9.17, 15) is 4.79 Å². The molecule has 1 heterocycles. The van der Waals surface area contributed by atoms with Crippen LogP contribution in [0.3, 0.4) is 0 Å². The fourth-order valence-corrected chi connectivity index (χ4v) is 2.08. The molecule has 0 N–H and O–H groups in total. The van der Waals surface area contributed by atoms with Crippen molar-refractivity contribution in [2.45, 2.75) is 0 Å². The van der Waals surface area contributed by atoms with Gasteiger partial charge in [-0.25, -0.2) is 0 Å². The molecule has 1 aromatic heterocycles. The fraction of sp³-hybridized carbons (Fsp3) is 0.167. The Hall–Kier alpha value is -0.0000000000000000833. The van der Waals surface area contributed by atoms with Crippen LogP contribution in [-0.2, 0) is 0 Å². The van der Waals surface area contributed by atoms with Crippen LogP contribution in [0.5, 0.6) is 0 Å². The minimum absolute atomic E-state index is 0.251. The van der Waals surface area contributed by atoms with E-state index in [0.717, 1.165) is 8.79 Å². The van der Waals surface area contributed by atoms with Gasteiger partial charge in [-0.05, 0) is 28.1 Å². The van der Waals surface area contributed by atoms with E-state index in [1.165, 1.54) is 16.2 Å². The first-order valence-corrected chi connectivity index (χ1v) is 4.89.